The molecule has 0 saturated heterocycles. The van der Waals surface area contributed by atoms with Crippen molar-refractivity contribution in [3.8, 4) is 0 Å². The number of aliphatic hydroxyl groups is 2. The molecule has 0 aliphatic rings. The van der Waals surface area contributed by atoms with Crippen molar-refractivity contribution in [3.63, 3.8) is 0 Å². The van der Waals surface area contributed by atoms with Crippen LogP contribution in [0.3, 0.4) is 0 Å². The van der Waals surface area contributed by atoms with Crippen LogP contribution in [0, 0.1) is 0 Å². The lowest BCUT2D eigenvalue weighted by Crippen LogP contribution is -2.29. The van der Waals surface area contributed by atoms with Crippen LogP contribution < -0.4 is 0 Å². The van der Waals surface area contributed by atoms with Crippen molar-refractivity contribution in [2.45, 2.75) is 232 Å². The fourth-order valence-corrected chi connectivity index (χ4v) is 7.50. The summed E-state index contributed by atoms with van der Waals surface area (Å²) in [6.07, 6.45) is 50.8. The molecule has 3 unspecified atom stereocenters. The Hall–Kier alpha value is -2.07. The van der Waals surface area contributed by atoms with E-state index in [1.165, 1.54) is 109 Å². The lowest BCUT2D eigenvalue weighted by molar-refractivity contribution is -0.161. The van der Waals surface area contributed by atoms with E-state index in [-0.39, 0.29) is 19.4 Å². The summed E-state index contributed by atoms with van der Waals surface area (Å²) in [6, 6.07) is 0. The lowest BCUT2D eigenvalue weighted by atomic mass is 10.1. The van der Waals surface area contributed by atoms with E-state index < -0.39 is 51.8 Å². The van der Waals surface area contributed by atoms with Crippen molar-refractivity contribution in [2.24, 2.45) is 0 Å². The van der Waals surface area contributed by atoms with Crippen molar-refractivity contribution in [1.82, 2.24) is 0 Å². The zero-order chi connectivity index (χ0) is 44.8. The molecule has 61 heavy (non-hydrogen) atoms. The van der Waals surface area contributed by atoms with E-state index in [2.05, 4.69) is 62.5 Å². The first-order chi connectivity index (χ1) is 29.7. The molecule has 0 aromatic rings. The molecule has 10 nitrogen and oxygen atoms in total. The number of esters is 2. The van der Waals surface area contributed by atoms with Crippen molar-refractivity contribution in [1.29, 1.82) is 0 Å². The van der Waals surface area contributed by atoms with E-state index in [1.807, 2.05) is 0 Å². The molecule has 0 aromatic heterocycles. The van der Waals surface area contributed by atoms with E-state index in [9.17, 15) is 24.2 Å². The summed E-state index contributed by atoms with van der Waals surface area (Å²) >= 11 is 0. The Labute approximate surface area is 373 Å². The molecule has 11 heteroatoms. The maximum atomic E-state index is 12.7. The second-order valence-corrected chi connectivity index (χ2v) is 17.9. The third-order valence-electron chi connectivity index (χ3n) is 10.5. The minimum Gasteiger partial charge on any atom is -0.462 e. The highest BCUT2D eigenvalue weighted by atomic mass is 31.2. The molecule has 0 heterocycles. The molecule has 0 aliphatic heterocycles. The van der Waals surface area contributed by atoms with Crippen molar-refractivity contribution in [2.75, 3.05) is 26.4 Å². The van der Waals surface area contributed by atoms with Gasteiger partial charge in [0.15, 0.2) is 6.10 Å². The van der Waals surface area contributed by atoms with Crippen LogP contribution in [0.15, 0.2) is 48.6 Å². The predicted molar refractivity (Wildman–Crippen MR) is 251 cm³/mol. The van der Waals surface area contributed by atoms with Gasteiger partial charge in [-0.2, -0.15) is 0 Å². The molecule has 3 N–H and O–H groups in total. The van der Waals surface area contributed by atoms with Gasteiger partial charge in [-0.05, 0) is 70.6 Å². The van der Waals surface area contributed by atoms with E-state index in [0.717, 1.165) is 70.6 Å². The highest BCUT2D eigenvalue weighted by Crippen LogP contribution is 2.43. The molecule has 0 saturated carbocycles. The third kappa shape index (κ3) is 45.8. The van der Waals surface area contributed by atoms with Crippen LogP contribution >= 0.6 is 7.82 Å². The maximum absolute atomic E-state index is 12.7. The van der Waals surface area contributed by atoms with Gasteiger partial charge in [0.2, 0.25) is 0 Å². The summed E-state index contributed by atoms with van der Waals surface area (Å²) in [5, 5.41) is 18.4. The summed E-state index contributed by atoms with van der Waals surface area (Å²) in [7, 11) is -4.63. The number of carbonyl (C=O) groups excluding carboxylic acids is 2. The minimum atomic E-state index is -4.63. The smallest absolute Gasteiger partial charge is 0.462 e. The average Bonchev–Trinajstić information content (AvgIpc) is 3.25. The molecule has 0 bridgehead atoms. The molecule has 0 aliphatic carbocycles. The van der Waals surface area contributed by atoms with Crippen molar-refractivity contribution >= 4 is 19.8 Å². The zero-order valence-corrected chi connectivity index (χ0v) is 39.8. The molecule has 0 amide bonds. The van der Waals surface area contributed by atoms with Gasteiger partial charge in [-0.25, -0.2) is 4.57 Å². The van der Waals surface area contributed by atoms with Crippen LogP contribution in [0.2, 0.25) is 0 Å². The fourth-order valence-electron chi connectivity index (χ4n) is 6.71. The monoisotopic (exact) mass is 883 g/mol. The first kappa shape index (κ1) is 58.9. The fraction of sp³-hybridized carbons (Fsp3) is 0.800. The molecular weight excluding hydrogens is 792 g/mol. The van der Waals surface area contributed by atoms with E-state index in [0.29, 0.717) is 12.8 Å². The first-order valence-electron chi connectivity index (χ1n) is 24.6. The standard InChI is InChI=1S/C50H91O10P/c1-3-5-7-9-11-13-15-17-19-21-22-23-24-26-27-29-31-33-35-37-39-41-49(53)57-45-48(46-59-61(55,56)58-44-47(52)43-51)60-50(54)42-40-38-36-34-32-30-28-25-20-18-16-14-12-10-8-6-4-2/h6,8,12,14,18,20-22,47-48,51-52H,3-5,7,9-11,13,15-17,19,23-46H2,1-2H3,(H,55,56)/b8-6-,14-12-,20-18-,22-21-. The Bertz CT molecular complexity index is 1150. The van der Waals surface area contributed by atoms with Gasteiger partial charge < -0.3 is 24.6 Å². The molecule has 3 atom stereocenters. The van der Waals surface area contributed by atoms with Gasteiger partial charge in [-0.3, -0.25) is 18.6 Å². The van der Waals surface area contributed by atoms with Crippen LogP contribution in [0.4, 0.5) is 0 Å². The summed E-state index contributed by atoms with van der Waals surface area (Å²) in [4.78, 5) is 35.1. The van der Waals surface area contributed by atoms with Gasteiger partial charge in [-0.1, -0.05) is 184 Å². The van der Waals surface area contributed by atoms with Gasteiger partial charge in [0.25, 0.3) is 0 Å². The van der Waals surface area contributed by atoms with Gasteiger partial charge in [0, 0.05) is 12.8 Å². The first-order valence-corrected chi connectivity index (χ1v) is 26.1. The van der Waals surface area contributed by atoms with Crippen molar-refractivity contribution in [3.05, 3.63) is 48.6 Å². The van der Waals surface area contributed by atoms with E-state index >= 15 is 0 Å². The van der Waals surface area contributed by atoms with E-state index in [1.54, 1.807) is 0 Å². The van der Waals surface area contributed by atoms with Crippen LogP contribution in [-0.4, -0.2) is 65.7 Å². The Kier molecular flexibility index (Phi) is 44.4. The minimum absolute atomic E-state index is 0.172. The van der Waals surface area contributed by atoms with Crippen molar-refractivity contribution < 1.29 is 47.8 Å². The summed E-state index contributed by atoms with van der Waals surface area (Å²) < 4.78 is 32.8. The van der Waals surface area contributed by atoms with Crippen LogP contribution in [0.25, 0.3) is 0 Å². The molecule has 356 valence electrons. The number of ether oxygens (including phenoxy) is 2. The molecule has 0 fully saturated rings. The predicted octanol–water partition coefficient (Wildman–Crippen LogP) is 13.7. The van der Waals surface area contributed by atoms with Gasteiger partial charge in [0.05, 0.1) is 19.8 Å². The number of phosphoric ester groups is 1. The molecular formula is C50H91O10P. The molecule has 0 rings (SSSR count). The molecule has 0 aromatic carbocycles. The number of aliphatic hydroxyl groups excluding tert-OH is 2. The Morgan fingerprint density at radius 3 is 1.38 bits per heavy atom. The van der Waals surface area contributed by atoms with Gasteiger partial charge in [-0.15, -0.1) is 0 Å². The topological polar surface area (TPSA) is 149 Å². The SMILES string of the molecule is CC/C=C\C/C=C\C/C=C\CCCCCCCCCC(=O)OC(COC(=O)CCCCCCCCCCC/C=C\CCCCCCCCCC)COP(=O)(O)OCC(O)CO. The molecule has 0 radical (unpaired) electrons. The third-order valence-corrected chi connectivity index (χ3v) is 11.4. The number of unbranched alkanes of at least 4 members (excludes halogenated alkanes) is 24. The largest absolute Gasteiger partial charge is 0.472 e. The lowest BCUT2D eigenvalue weighted by Gasteiger charge is -2.20. The number of hydrogen-bond acceptors (Lipinski definition) is 9. The maximum Gasteiger partial charge on any atom is 0.472 e. The molecule has 0 spiro atoms. The highest BCUT2D eigenvalue weighted by molar-refractivity contribution is 7.47. The number of rotatable bonds is 46. The number of carbonyl (C=O) groups is 2. The van der Waals surface area contributed by atoms with E-state index in [4.69, 9.17) is 23.6 Å². The second kappa shape index (κ2) is 45.9. The highest BCUT2D eigenvalue weighted by Gasteiger charge is 2.27. The Morgan fingerprint density at radius 2 is 0.902 bits per heavy atom. The summed E-state index contributed by atoms with van der Waals surface area (Å²) in [6.45, 7) is 2.28. The summed E-state index contributed by atoms with van der Waals surface area (Å²) in [5.74, 6) is -0.934. The average molecular weight is 883 g/mol. The second-order valence-electron chi connectivity index (χ2n) is 16.5. The van der Waals surface area contributed by atoms with Crippen LogP contribution in [-0.2, 0) is 32.7 Å². The number of hydrogen-bond donors (Lipinski definition) is 3. The number of phosphoric acid groups is 1. The van der Waals surface area contributed by atoms with Crippen LogP contribution in [0.1, 0.15) is 219 Å². The quantitative estimate of drug-likeness (QED) is 0.0233. The van der Waals surface area contributed by atoms with Gasteiger partial charge >= 0.3 is 19.8 Å². The Balaban J connectivity index is 4.20. The Morgan fingerprint density at radius 1 is 0.508 bits per heavy atom. The summed E-state index contributed by atoms with van der Waals surface area (Å²) in [5.41, 5.74) is 0. The normalized spacial score (nSPS) is 14.1. The van der Waals surface area contributed by atoms with Crippen LogP contribution in [0.5, 0.6) is 0 Å². The zero-order valence-electron chi connectivity index (χ0n) is 38.9. The number of allylic oxidation sites excluding steroid dienone is 8. The van der Waals surface area contributed by atoms with Gasteiger partial charge in [0.1, 0.15) is 12.7 Å².